The zero-order valence-corrected chi connectivity index (χ0v) is 11.6. The summed E-state index contributed by atoms with van der Waals surface area (Å²) in [5.74, 6) is 0. The Kier molecular flexibility index (Phi) is 15.3. The van der Waals surface area contributed by atoms with E-state index in [1.807, 2.05) is 0 Å². The fourth-order valence-corrected chi connectivity index (χ4v) is 1.93. The molecule has 0 atom stereocenters. The van der Waals surface area contributed by atoms with Gasteiger partial charge >= 0.3 is 0 Å². The number of aldehydes is 2. The highest BCUT2D eigenvalue weighted by atomic mass is 16.1. The van der Waals surface area contributed by atoms with Crippen LogP contribution < -0.4 is 0 Å². The molecule has 104 valence electrons. The molecule has 0 radical (unpaired) electrons. The summed E-state index contributed by atoms with van der Waals surface area (Å²) in [5.41, 5.74) is 0. The smallest absolute Gasteiger partial charge is 0.120 e. The van der Waals surface area contributed by atoms with Crippen molar-refractivity contribution >= 4 is 12.6 Å². The molecule has 2 heteroatoms. The Morgan fingerprint density at radius 2 is 0.833 bits per heavy atom. The van der Waals surface area contributed by atoms with Gasteiger partial charge in [-0.25, -0.2) is 0 Å². The molecule has 0 aliphatic rings. The summed E-state index contributed by atoms with van der Waals surface area (Å²) in [6.07, 6.45) is 19.8. The third kappa shape index (κ3) is 15.1. The van der Waals surface area contributed by atoms with Crippen molar-refractivity contribution in [3.8, 4) is 0 Å². The van der Waals surface area contributed by atoms with Gasteiger partial charge in [0.25, 0.3) is 0 Å². The van der Waals surface area contributed by atoms with Crippen molar-refractivity contribution in [2.45, 2.75) is 77.0 Å². The van der Waals surface area contributed by atoms with Gasteiger partial charge in [-0.1, -0.05) is 44.3 Å². The van der Waals surface area contributed by atoms with Crippen LogP contribution in [0.3, 0.4) is 0 Å². The highest BCUT2D eigenvalue weighted by Crippen LogP contribution is 2.09. The van der Waals surface area contributed by atoms with Gasteiger partial charge in [0, 0.05) is 12.8 Å². The quantitative estimate of drug-likeness (QED) is 0.257. The standard InChI is InChI=1S/C16H28O2/c17-15-13-11-9-7-5-3-1-2-4-6-8-10-12-14-16-18/h5,7,15-16H,1-4,6,8-14H2. The van der Waals surface area contributed by atoms with E-state index in [4.69, 9.17) is 0 Å². The largest absolute Gasteiger partial charge is 0.303 e. The molecule has 0 aromatic carbocycles. The molecule has 0 aromatic heterocycles. The number of rotatable bonds is 14. The Balaban J connectivity index is 3.02. The Bertz CT molecular complexity index is 209. The second kappa shape index (κ2) is 16.1. The van der Waals surface area contributed by atoms with Crippen molar-refractivity contribution in [3.05, 3.63) is 12.2 Å². The van der Waals surface area contributed by atoms with Gasteiger partial charge < -0.3 is 9.59 Å². The summed E-state index contributed by atoms with van der Waals surface area (Å²) in [4.78, 5) is 20.2. The highest BCUT2D eigenvalue weighted by Gasteiger charge is 1.91. The van der Waals surface area contributed by atoms with E-state index in [1.165, 1.54) is 44.9 Å². The Labute approximate surface area is 112 Å². The number of carbonyl (C=O) groups is 2. The summed E-state index contributed by atoms with van der Waals surface area (Å²) >= 11 is 0. The summed E-state index contributed by atoms with van der Waals surface area (Å²) in [5, 5.41) is 0. The first kappa shape index (κ1) is 17.1. The molecule has 0 aromatic rings. The lowest BCUT2D eigenvalue weighted by Crippen LogP contribution is -1.81. The molecule has 0 saturated carbocycles. The molecule has 2 nitrogen and oxygen atoms in total. The molecule has 0 spiro atoms. The van der Waals surface area contributed by atoms with Gasteiger partial charge in [-0.15, -0.1) is 0 Å². The van der Waals surface area contributed by atoms with Crippen LogP contribution in [0.2, 0.25) is 0 Å². The van der Waals surface area contributed by atoms with Crippen LogP contribution in [0.5, 0.6) is 0 Å². The van der Waals surface area contributed by atoms with Crippen molar-refractivity contribution in [1.82, 2.24) is 0 Å². The van der Waals surface area contributed by atoms with E-state index in [0.29, 0.717) is 6.42 Å². The number of hydrogen-bond donors (Lipinski definition) is 0. The number of allylic oxidation sites excluding steroid dienone is 2. The van der Waals surface area contributed by atoms with Crippen LogP contribution in [0.15, 0.2) is 12.2 Å². The Morgan fingerprint density at radius 1 is 0.444 bits per heavy atom. The van der Waals surface area contributed by atoms with Crippen LogP contribution >= 0.6 is 0 Å². The minimum Gasteiger partial charge on any atom is -0.303 e. The molecule has 18 heavy (non-hydrogen) atoms. The van der Waals surface area contributed by atoms with Crippen LogP contribution in [0, 0.1) is 0 Å². The molecule has 0 amide bonds. The molecule has 0 unspecified atom stereocenters. The van der Waals surface area contributed by atoms with E-state index in [-0.39, 0.29) is 0 Å². The van der Waals surface area contributed by atoms with E-state index in [2.05, 4.69) is 12.2 Å². The first-order chi connectivity index (χ1) is 8.91. The van der Waals surface area contributed by atoms with E-state index >= 15 is 0 Å². The fourth-order valence-electron chi connectivity index (χ4n) is 1.93. The first-order valence-electron chi connectivity index (χ1n) is 7.44. The molecular formula is C16H28O2. The molecule has 0 aliphatic heterocycles. The third-order valence-corrected chi connectivity index (χ3v) is 3.05. The molecular weight excluding hydrogens is 224 g/mol. The normalized spacial score (nSPS) is 10.9. The number of unbranched alkanes of at least 4 members (excludes halogenated alkanes) is 10. The Hall–Kier alpha value is -0.920. The van der Waals surface area contributed by atoms with Gasteiger partial charge in [0.15, 0.2) is 0 Å². The van der Waals surface area contributed by atoms with Crippen molar-refractivity contribution in [2.24, 2.45) is 0 Å². The molecule has 0 bridgehead atoms. The second-order valence-electron chi connectivity index (χ2n) is 4.79. The topological polar surface area (TPSA) is 34.1 Å². The van der Waals surface area contributed by atoms with Crippen LogP contribution in [-0.2, 0) is 9.59 Å². The third-order valence-electron chi connectivity index (χ3n) is 3.05. The van der Waals surface area contributed by atoms with Gasteiger partial charge in [0.2, 0.25) is 0 Å². The predicted molar refractivity (Wildman–Crippen MR) is 76.7 cm³/mol. The molecule has 0 heterocycles. The van der Waals surface area contributed by atoms with Crippen LogP contribution in [-0.4, -0.2) is 12.6 Å². The lowest BCUT2D eigenvalue weighted by Gasteiger charge is -1.99. The minimum absolute atomic E-state index is 0.689. The SMILES string of the molecule is O=CCCCC=CCCCCCCCCCC=O. The van der Waals surface area contributed by atoms with E-state index in [1.54, 1.807) is 0 Å². The fraction of sp³-hybridized carbons (Fsp3) is 0.750. The predicted octanol–water partition coefficient (Wildman–Crippen LogP) is 4.62. The second-order valence-corrected chi connectivity index (χ2v) is 4.79. The average Bonchev–Trinajstić information content (AvgIpc) is 2.39. The summed E-state index contributed by atoms with van der Waals surface area (Å²) < 4.78 is 0. The summed E-state index contributed by atoms with van der Waals surface area (Å²) in [7, 11) is 0. The molecule has 0 N–H and O–H groups in total. The lowest BCUT2D eigenvalue weighted by atomic mass is 10.1. The summed E-state index contributed by atoms with van der Waals surface area (Å²) in [6.45, 7) is 0. The number of carbonyl (C=O) groups excluding carboxylic acids is 2. The highest BCUT2D eigenvalue weighted by molar-refractivity contribution is 5.49. The van der Waals surface area contributed by atoms with Crippen molar-refractivity contribution < 1.29 is 9.59 Å². The van der Waals surface area contributed by atoms with E-state index in [0.717, 1.165) is 38.3 Å². The molecule has 0 saturated heterocycles. The van der Waals surface area contributed by atoms with Gasteiger partial charge in [0.05, 0.1) is 0 Å². The van der Waals surface area contributed by atoms with Crippen molar-refractivity contribution in [1.29, 1.82) is 0 Å². The van der Waals surface area contributed by atoms with Gasteiger partial charge in [-0.05, 0) is 32.1 Å². The van der Waals surface area contributed by atoms with Crippen LogP contribution in [0.4, 0.5) is 0 Å². The number of hydrogen-bond acceptors (Lipinski definition) is 2. The van der Waals surface area contributed by atoms with Gasteiger partial charge in [-0.3, -0.25) is 0 Å². The van der Waals surface area contributed by atoms with Crippen molar-refractivity contribution in [3.63, 3.8) is 0 Å². The van der Waals surface area contributed by atoms with E-state index in [9.17, 15) is 9.59 Å². The van der Waals surface area contributed by atoms with Crippen LogP contribution in [0.1, 0.15) is 77.0 Å². The van der Waals surface area contributed by atoms with Gasteiger partial charge in [0.1, 0.15) is 12.6 Å². The maximum absolute atomic E-state index is 10.1. The minimum atomic E-state index is 0.689. The first-order valence-corrected chi connectivity index (χ1v) is 7.44. The zero-order chi connectivity index (χ0) is 13.3. The Morgan fingerprint density at radius 3 is 1.39 bits per heavy atom. The molecule has 0 rings (SSSR count). The zero-order valence-electron chi connectivity index (χ0n) is 11.6. The van der Waals surface area contributed by atoms with E-state index < -0.39 is 0 Å². The summed E-state index contributed by atoms with van der Waals surface area (Å²) in [6, 6.07) is 0. The molecule has 0 aliphatic carbocycles. The maximum atomic E-state index is 10.1. The monoisotopic (exact) mass is 252 g/mol. The molecule has 0 fully saturated rings. The van der Waals surface area contributed by atoms with Crippen LogP contribution in [0.25, 0.3) is 0 Å². The van der Waals surface area contributed by atoms with Crippen molar-refractivity contribution in [2.75, 3.05) is 0 Å². The lowest BCUT2D eigenvalue weighted by molar-refractivity contribution is -0.108. The maximum Gasteiger partial charge on any atom is 0.120 e. The average molecular weight is 252 g/mol. The van der Waals surface area contributed by atoms with Gasteiger partial charge in [-0.2, -0.15) is 0 Å².